The lowest BCUT2D eigenvalue weighted by Gasteiger charge is -2.17. The first-order valence-corrected chi connectivity index (χ1v) is 40.3. The largest absolute Gasteiger partial charge is 0.465 e. The van der Waals surface area contributed by atoms with Gasteiger partial charge in [-0.25, -0.2) is 67.6 Å². The fourth-order valence-electron chi connectivity index (χ4n) is 13.3. The molecule has 136 heavy (non-hydrogen) atoms. The van der Waals surface area contributed by atoms with Crippen LogP contribution in [0.15, 0.2) is 136 Å². The number of nitrogens with zero attached hydrogens (tertiary/aromatic N) is 44. The molecular weight excluding hydrogens is 1770 g/mol. The number of Topliss-reactive ketones (excluding diaryl/α,β-unsaturated/α-hetero) is 4. The number of hydrogen-bond acceptors (Lipinski definition) is 46. The van der Waals surface area contributed by atoms with E-state index in [1.165, 1.54) is 131 Å². The number of hydrogen-bond donors (Lipinski definition) is 6. The van der Waals surface area contributed by atoms with Gasteiger partial charge in [0, 0.05) is 103 Å². The second-order valence-corrected chi connectivity index (χ2v) is 29.7. The van der Waals surface area contributed by atoms with Crippen molar-refractivity contribution in [3.63, 3.8) is 0 Å². The summed E-state index contributed by atoms with van der Waals surface area (Å²) in [6.07, 6.45) is 12.3. The summed E-state index contributed by atoms with van der Waals surface area (Å²) in [5, 5.41) is 128. The van der Waals surface area contributed by atoms with Crippen LogP contribution in [0, 0.1) is 41.5 Å². The van der Waals surface area contributed by atoms with Gasteiger partial charge in [-0.05, 0) is 55.4 Å². The van der Waals surface area contributed by atoms with Crippen LogP contribution in [0.25, 0.3) is 34.9 Å². The molecule has 0 unspecified atom stereocenters. The zero-order valence-corrected chi connectivity index (χ0v) is 77.3. The van der Waals surface area contributed by atoms with Gasteiger partial charge in [0.25, 0.3) is 0 Å². The molecule has 0 amide bonds. The van der Waals surface area contributed by atoms with Crippen molar-refractivity contribution in [1.29, 1.82) is 0 Å². The van der Waals surface area contributed by atoms with Crippen molar-refractivity contribution < 1.29 is 48.5 Å². The number of aryl methyl sites for hydroxylation is 12. The Kier molecular flexibility index (Phi) is 28.0. The molecule has 0 radical (unpaired) electrons. The van der Waals surface area contributed by atoms with Crippen LogP contribution in [0.3, 0.4) is 0 Å². The average molecular weight is 1860 g/mol. The van der Waals surface area contributed by atoms with E-state index in [2.05, 4.69) is 153 Å². The monoisotopic (exact) mass is 1860 g/mol. The third-order valence-corrected chi connectivity index (χ3v) is 20.1. The predicted molar refractivity (Wildman–Crippen MR) is 484 cm³/mol. The third-order valence-electron chi connectivity index (χ3n) is 20.1. The number of aromatic nitrogens is 30. The van der Waals surface area contributed by atoms with E-state index >= 15 is 0 Å². The molecular formula is C78H90N48O10. The number of nitrogen functional groups attached to an aromatic ring is 2. The minimum atomic E-state index is -0.681. The van der Waals surface area contributed by atoms with Gasteiger partial charge in [-0.2, -0.15) is 89.3 Å². The highest BCUT2D eigenvalue weighted by Crippen LogP contribution is 2.42. The van der Waals surface area contributed by atoms with Crippen molar-refractivity contribution in [3.05, 3.63) is 142 Å². The number of nitrogens with two attached hydrogens (primary N) is 2. The molecule has 15 heterocycles. The van der Waals surface area contributed by atoms with Gasteiger partial charge in [0.15, 0.2) is 162 Å². The van der Waals surface area contributed by atoms with E-state index < -0.39 is 36.7 Å². The Labute approximate surface area is 769 Å². The first kappa shape index (κ1) is 95.3. The Morgan fingerprint density at radius 3 is 0.853 bits per heavy atom. The molecule has 702 valence electrons. The zero-order valence-electron chi connectivity index (χ0n) is 77.3. The lowest BCUT2D eigenvalue weighted by Crippen LogP contribution is -2.17. The molecule has 0 atom stereocenters. The Hall–Kier alpha value is -18.3. The summed E-state index contributed by atoms with van der Waals surface area (Å²) in [4.78, 5) is 102. The highest BCUT2D eigenvalue weighted by molar-refractivity contribution is 6.02. The van der Waals surface area contributed by atoms with Crippen LogP contribution >= 0.6 is 0 Å². The molecule has 0 aliphatic carbocycles. The zero-order chi connectivity index (χ0) is 98.3. The Balaban J connectivity index is 0.000000173. The molecule has 0 aliphatic rings. The van der Waals surface area contributed by atoms with Gasteiger partial charge < -0.3 is 51.6 Å². The molecule has 0 spiro atoms. The summed E-state index contributed by atoms with van der Waals surface area (Å²) in [5.41, 5.74) is 19.4. The Morgan fingerprint density at radius 2 is 0.574 bits per heavy atom. The van der Waals surface area contributed by atoms with Crippen molar-refractivity contribution in [2.45, 2.75) is 55.4 Å². The number of esters is 2. The summed E-state index contributed by atoms with van der Waals surface area (Å²) in [6, 6.07) is 4.95. The van der Waals surface area contributed by atoms with Crippen molar-refractivity contribution in [2.24, 2.45) is 104 Å². The summed E-state index contributed by atoms with van der Waals surface area (Å²) < 4.78 is 27.2. The number of carbonyl (C=O) groups is 6. The van der Waals surface area contributed by atoms with Crippen LogP contribution in [-0.4, -0.2) is 262 Å². The maximum atomic E-state index is 12.2. The fourth-order valence-corrected chi connectivity index (χ4v) is 13.3. The van der Waals surface area contributed by atoms with E-state index in [-0.39, 0.29) is 80.4 Å². The lowest BCUT2D eigenvalue weighted by molar-refractivity contribution is 0.0592. The lowest BCUT2D eigenvalue weighted by atomic mass is 10.2. The number of aliphatic hydroxyl groups is 2. The van der Waals surface area contributed by atoms with E-state index in [9.17, 15) is 39.0 Å². The highest BCUT2D eigenvalue weighted by Gasteiger charge is 2.30. The number of anilines is 6. The van der Waals surface area contributed by atoms with E-state index in [0.717, 1.165) is 0 Å². The Morgan fingerprint density at radius 1 is 0.346 bits per heavy atom. The molecule has 0 aliphatic heterocycles. The number of rotatable bonds is 30. The average Bonchev–Trinajstić information content (AvgIpc) is 1.55. The summed E-state index contributed by atoms with van der Waals surface area (Å²) in [6.45, 7) is 12.0. The molecule has 58 nitrogen and oxygen atoms in total. The SMILES string of the molecule is CC(=O)c1cnn(C)c1N=Nc1c(C)nn(-c2cc(-n3nc(C)c(N=Nc4c(C(C)=O)cnn4C)c3N)ncn2)c1N.CNc1c(N=Nc2c(C(=O)CO)cnn2C)c(C)nn1-c1cc(-n2nc(C)c(N=Nc3c(C(=O)OC)cnn3C)c2NC)ncn1.COC(=O)c1cnn(C)c1N=Nc1c(C)nn(-c2cc(-n3nc(C)c(N=Nc4c(C(=O)CO)cnn4C)c3N(C)C)ncn2)c1N(C)C. The predicted octanol–water partition coefficient (Wildman–Crippen LogP) is 9.00. The second-order valence-electron chi connectivity index (χ2n) is 29.7. The van der Waals surface area contributed by atoms with Crippen LogP contribution in [0.1, 0.15) is 110 Å². The molecule has 58 heteroatoms. The smallest absolute Gasteiger partial charge is 0.343 e. The summed E-state index contributed by atoms with van der Waals surface area (Å²) in [7, 11) is 23.1. The normalized spacial score (nSPS) is 11.6. The first-order chi connectivity index (χ1) is 65.0. The molecule has 8 N–H and O–H groups in total. The minimum Gasteiger partial charge on any atom is -0.465 e. The standard InChI is InChI=1S/C28H34N16O4.C26H30N16O4.C24H26N16O2/c1-15-22(33-35-24-17(19(46)13-45)11-31-41(24)7)26(39(3)4)43(37-15)20-10-21(30-14-29-20)44-27(40(5)6)23(16(2)38-44)34-36-25-18(28(47)48-9)12-32-42(25)8;1-13-20(33-35-22-15(17(44)11-43)9-31-39(22)5)24(27-3)41(37-13)18-8-19(30-12-29-18)42-25(28-4)21(14(2)38-42)34-36-23-16(26(45)46-7)10-32-40(23)6;1-11-19(31-33-23-15(13(3)41)8-29-37(23)5)21(25)39(35-11)17-7-18(28-10-27-17)40-22(26)20(12(2)36-40)32-34-24-16(14(4)42)9-30-38(24)6/h10-12,14,45H,13H2,1-9H3;8-10,12,27-28,43H,11H2,1-7H3;7-10H,25-26H2,1-6H3. The molecule has 15 aromatic rings. The van der Waals surface area contributed by atoms with Gasteiger partial charge in [-0.1, -0.05) is 0 Å². The van der Waals surface area contributed by atoms with Crippen LogP contribution in [0.5, 0.6) is 0 Å². The first-order valence-electron chi connectivity index (χ1n) is 40.3. The maximum Gasteiger partial charge on any atom is 0.343 e. The number of ketones is 4. The van der Waals surface area contributed by atoms with E-state index in [4.69, 9.17) is 31.1 Å². The molecule has 0 aromatic carbocycles. The molecule has 0 saturated heterocycles. The van der Waals surface area contributed by atoms with Crippen molar-refractivity contribution in [1.82, 2.24) is 147 Å². The topological polar surface area (TPSA) is 683 Å². The molecule has 15 aromatic heterocycles. The highest BCUT2D eigenvalue weighted by atomic mass is 16.5. The summed E-state index contributed by atoms with van der Waals surface area (Å²) >= 11 is 0. The quantitative estimate of drug-likeness (QED) is 0.0139. The molecule has 0 saturated carbocycles. The second kappa shape index (κ2) is 40.0. The molecule has 15 rings (SSSR count). The van der Waals surface area contributed by atoms with Gasteiger partial charge >= 0.3 is 11.9 Å². The van der Waals surface area contributed by atoms with Crippen LogP contribution in [-0.2, 0) is 51.8 Å². The number of aliphatic hydroxyl groups excluding tert-OH is 2. The number of azo groups is 6. The van der Waals surface area contributed by atoms with Crippen LogP contribution < -0.4 is 31.9 Å². The van der Waals surface area contributed by atoms with E-state index in [1.54, 1.807) is 125 Å². The number of ether oxygens (including phenoxy) is 2. The number of carbonyl (C=O) groups excluding carboxylic acids is 6. The van der Waals surface area contributed by atoms with Gasteiger partial charge in [0.05, 0.1) is 108 Å². The van der Waals surface area contributed by atoms with Crippen molar-refractivity contribution in [2.75, 3.05) is 102 Å². The molecule has 0 fully saturated rings. The van der Waals surface area contributed by atoms with Crippen LogP contribution in [0.4, 0.5) is 104 Å². The Bertz CT molecular complexity index is 6920. The minimum absolute atomic E-state index is 0.142. The van der Waals surface area contributed by atoms with Crippen LogP contribution in [0.2, 0.25) is 0 Å². The summed E-state index contributed by atoms with van der Waals surface area (Å²) in [5.74, 6) is 3.33. The maximum absolute atomic E-state index is 12.2. The van der Waals surface area contributed by atoms with Gasteiger partial charge in [0.1, 0.15) is 43.3 Å². The van der Waals surface area contributed by atoms with Gasteiger partial charge in [0.2, 0.25) is 0 Å². The van der Waals surface area contributed by atoms with E-state index in [1.807, 2.05) is 38.0 Å². The van der Waals surface area contributed by atoms with Gasteiger partial charge in [-0.15, -0.1) is 61.4 Å². The fraction of sp³-hybridized carbons (Fsp3) is 0.308. The third kappa shape index (κ3) is 18.9. The number of nitrogens with one attached hydrogen (secondary N) is 2. The molecule has 0 bridgehead atoms. The van der Waals surface area contributed by atoms with Gasteiger partial charge in [-0.3, -0.25) is 19.2 Å². The van der Waals surface area contributed by atoms with E-state index in [0.29, 0.717) is 138 Å². The number of methoxy groups -OCH3 is 2. The van der Waals surface area contributed by atoms with Crippen molar-refractivity contribution in [3.8, 4) is 34.9 Å². The van der Waals surface area contributed by atoms with Crippen molar-refractivity contribution >= 4 is 139 Å².